The SMILES string of the molecule is CCCCCCCCCCCCCCCC(C)(CCCCCCCCCCCCCC)[P+](C)(C)OP(C)(=O)O.[I-]. The highest BCUT2D eigenvalue weighted by molar-refractivity contribution is 7.77. The average molecular weight is 719 g/mol. The lowest BCUT2D eigenvalue weighted by Gasteiger charge is -2.37. The molecule has 0 heterocycles. The summed E-state index contributed by atoms with van der Waals surface area (Å²) in [6.07, 6.45) is 36.5. The van der Waals surface area contributed by atoms with Gasteiger partial charge in [0.15, 0.2) is 7.49 Å². The molecule has 1 N–H and O–H groups in total. The lowest BCUT2D eigenvalue weighted by atomic mass is 9.94. The van der Waals surface area contributed by atoms with Gasteiger partial charge in [0.05, 0.1) is 13.3 Å². The van der Waals surface area contributed by atoms with Crippen LogP contribution in [0.1, 0.15) is 194 Å². The third kappa shape index (κ3) is 25.8. The van der Waals surface area contributed by atoms with Gasteiger partial charge in [0, 0.05) is 6.66 Å². The van der Waals surface area contributed by atoms with E-state index in [0.717, 1.165) is 12.8 Å². The van der Waals surface area contributed by atoms with Crippen LogP contribution < -0.4 is 24.0 Å². The number of unbranched alkanes of at least 4 members (excludes halogenated alkanes) is 23. The van der Waals surface area contributed by atoms with Gasteiger partial charge in [-0.15, -0.1) is 0 Å². The van der Waals surface area contributed by atoms with Gasteiger partial charge >= 0.3 is 7.60 Å². The highest BCUT2D eigenvalue weighted by atomic mass is 127. The van der Waals surface area contributed by atoms with E-state index in [1.165, 1.54) is 167 Å². The van der Waals surface area contributed by atoms with Crippen molar-refractivity contribution in [3.8, 4) is 0 Å². The maximum Gasteiger partial charge on any atom is 0.358 e. The lowest BCUT2D eigenvalue weighted by molar-refractivity contribution is -0.0000137. The fourth-order valence-corrected chi connectivity index (χ4v) is 11.2. The van der Waals surface area contributed by atoms with Gasteiger partial charge in [0.1, 0.15) is 5.16 Å². The molecule has 0 aromatic carbocycles. The Hall–Kier alpha value is 1.31. The second kappa shape index (κ2) is 27.8. The molecule has 2 unspecified atom stereocenters. The summed E-state index contributed by atoms with van der Waals surface area (Å²) in [6, 6.07) is 0. The van der Waals surface area contributed by atoms with Crippen molar-refractivity contribution in [1.29, 1.82) is 0 Å². The summed E-state index contributed by atoms with van der Waals surface area (Å²) >= 11 is 0. The molecule has 0 fully saturated rings. The molecule has 244 valence electrons. The van der Waals surface area contributed by atoms with Crippen molar-refractivity contribution < 1.29 is 37.7 Å². The molecule has 0 aromatic rings. The quantitative estimate of drug-likeness (QED) is 0.0457. The third-order valence-corrected chi connectivity index (χ3v) is 14.9. The highest BCUT2D eigenvalue weighted by Gasteiger charge is 2.51. The minimum absolute atomic E-state index is 0. The summed E-state index contributed by atoms with van der Waals surface area (Å²) in [5.41, 5.74) is 0. The maximum atomic E-state index is 12.2. The molecule has 0 saturated carbocycles. The summed E-state index contributed by atoms with van der Waals surface area (Å²) in [7, 11) is -5.44. The Bertz CT molecular complexity index is 582. The minimum Gasteiger partial charge on any atom is -1.00 e. The maximum absolute atomic E-state index is 12.2. The summed E-state index contributed by atoms with van der Waals surface area (Å²) in [4.78, 5) is 10.0. The first-order valence-corrected chi connectivity index (χ1v) is 22.1. The zero-order valence-electron chi connectivity index (χ0n) is 28.1. The van der Waals surface area contributed by atoms with Gasteiger partial charge < -0.3 is 28.9 Å². The van der Waals surface area contributed by atoms with Gasteiger partial charge in [0.25, 0.3) is 0 Å². The largest absolute Gasteiger partial charge is 1.00 e. The molecule has 0 aliphatic heterocycles. The molecule has 40 heavy (non-hydrogen) atoms. The summed E-state index contributed by atoms with van der Waals surface area (Å²) < 4.78 is 18.1. The Kier molecular flexibility index (Phi) is 30.2. The molecule has 6 heteroatoms. The third-order valence-electron chi connectivity index (χ3n) is 9.04. The molecule has 0 aliphatic rings. The van der Waals surface area contributed by atoms with Gasteiger partial charge in [-0.2, -0.15) is 4.31 Å². The number of rotatable bonds is 30. The molecule has 0 aromatic heterocycles. The second-order valence-corrected chi connectivity index (χ2v) is 19.4. The van der Waals surface area contributed by atoms with Crippen molar-refractivity contribution >= 4 is 15.1 Å². The van der Waals surface area contributed by atoms with Crippen LogP contribution in [-0.4, -0.2) is 30.0 Å². The van der Waals surface area contributed by atoms with Crippen molar-refractivity contribution in [1.82, 2.24) is 0 Å². The Morgan fingerprint density at radius 1 is 0.550 bits per heavy atom. The molecular formula is C34H73IO3P2. The van der Waals surface area contributed by atoms with Gasteiger partial charge in [-0.3, -0.25) is 4.57 Å². The van der Waals surface area contributed by atoms with E-state index in [2.05, 4.69) is 34.1 Å². The van der Waals surface area contributed by atoms with E-state index in [-0.39, 0.29) is 29.1 Å². The Balaban J connectivity index is 0. The van der Waals surface area contributed by atoms with E-state index in [1.807, 2.05) is 0 Å². The smallest absolute Gasteiger partial charge is 0.358 e. The van der Waals surface area contributed by atoms with Crippen molar-refractivity contribution in [3.05, 3.63) is 0 Å². The van der Waals surface area contributed by atoms with E-state index in [9.17, 15) is 9.46 Å². The molecule has 0 radical (unpaired) electrons. The molecule has 0 aliphatic carbocycles. The predicted molar refractivity (Wildman–Crippen MR) is 180 cm³/mol. The first-order valence-electron chi connectivity index (χ1n) is 17.4. The highest BCUT2D eigenvalue weighted by Crippen LogP contribution is 2.73. The fourth-order valence-electron chi connectivity index (χ4n) is 6.01. The van der Waals surface area contributed by atoms with Crippen molar-refractivity contribution in [3.63, 3.8) is 0 Å². The van der Waals surface area contributed by atoms with Crippen LogP contribution in [-0.2, 0) is 8.88 Å². The van der Waals surface area contributed by atoms with Gasteiger partial charge in [-0.05, 0) is 32.6 Å². The molecule has 2 atom stereocenters. The molecule has 3 nitrogen and oxygen atoms in total. The predicted octanol–water partition coefficient (Wildman–Crippen LogP) is 10.3. The fraction of sp³-hybridized carbons (Fsp3) is 1.00. The van der Waals surface area contributed by atoms with E-state index in [0.29, 0.717) is 0 Å². The number of halogens is 1. The summed E-state index contributed by atoms with van der Waals surface area (Å²) in [5.74, 6) is 0. The summed E-state index contributed by atoms with van der Waals surface area (Å²) in [6.45, 7) is 12.6. The van der Waals surface area contributed by atoms with Crippen LogP contribution >= 0.6 is 15.1 Å². The van der Waals surface area contributed by atoms with E-state index >= 15 is 0 Å². The molecule has 0 bridgehead atoms. The van der Waals surface area contributed by atoms with Crippen LogP contribution in [0.2, 0.25) is 0 Å². The Labute approximate surface area is 270 Å². The second-order valence-electron chi connectivity index (χ2n) is 13.4. The topological polar surface area (TPSA) is 46.5 Å². The Morgan fingerprint density at radius 2 is 0.775 bits per heavy atom. The molecule has 0 rings (SSSR count). The van der Waals surface area contributed by atoms with Crippen LogP contribution in [0.25, 0.3) is 0 Å². The van der Waals surface area contributed by atoms with Crippen LogP contribution in [0, 0.1) is 0 Å². The molecular weight excluding hydrogens is 645 g/mol. The van der Waals surface area contributed by atoms with Crippen LogP contribution in [0.15, 0.2) is 0 Å². The van der Waals surface area contributed by atoms with Gasteiger partial charge in [-0.25, -0.2) is 0 Å². The average Bonchev–Trinajstić information content (AvgIpc) is 2.86. The first kappa shape index (κ1) is 43.4. The summed E-state index contributed by atoms with van der Waals surface area (Å²) in [5, 5.41) is 0.0394. The van der Waals surface area contributed by atoms with E-state index < -0.39 is 15.1 Å². The Morgan fingerprint density at radius 3 is 1.00 bits per heavy atom. The lowest BCUT2D eigenvalue weighted by Crippen LogP contribution is -3.00. The first-order chi connectivity index (χ1) is 18.6. The zero-order chi connectivity index (χ0) is 29.3. The molecule has 0 spiro atoms. The number of hydrogen-bond donors (Lipinski definition) is 1. The van der Waals surface area contributed by atoms with Crippen molar-refractivity contribution in [2.75, 3.05) is 20.0 Å². The van der Waals surface area contributed by atoms with Gasteiger partial charge in [-0.1, -0.05) is 162 Å². The minimum atomic E-state index is -3.48. The monoisotopic (exact) mass is 718 g/mol. The van der Waals surface area contributed by atoms with Crippen molar-refractivity contribution in [2.24, 2.45) is 0 Å². The zero-order valence-corrected chi connectivity index (χ0v) is 32.1. The van der Waals surface area contributed by atoms with E-state index in [4.69, 9.17) is 4.31 Å². The number of hydrogen-bond acceptors (Lipinski definition) is 2. The standard InChI is InChI=1S/C34H72O3P2.HI/c1-7-9-11-13-15-17-19-21-23-25-27-29-31-33-34(3,38(4,5)37-39(6,35)36)32-30-28-26-24-22-20-18-16-14-12-10-8-2;/h7-33H2,1-6H3;1H. The van der Waals surface area contributed by atoms with E-state index in [1.54, 1.807) is 0 Å². The molecule has 0 saturated heterocycles. The van der Waals surface area contributed by atoms with Crippen LogP contribution in [0.3, 0.4) is 0 Å². The molecule has 0 amide bonds. The van der Waals surface area contributed by atoms with Crippen LogP contribution in [0.5, 0.6) is 0 Å². The van der Waals surface area contributed by atoms with Gasteiger partial charge in [0.2, 0.25) is 0 Å². The van der Waals surface area contributed by atoms with Crippen LogP contribution in [0.4, 0.5) is 0 Å². The van der Waals surface area contributed by atoms with Crippen molar-refractivity contribution in [2.45, 2.75) is 199 Å². The normalized spacial score (nSPS) is 15.0.